The van der Waals surface area contributed by atoms with Crippen molar-refractivity contribution in [2.75, 3.05) is 39.9 Å². The van der Waals surface area contributed by atoms with Gasteiger partial charge in [-0.25, -0.2) is 0 Å². The minimum atomic E-state index is 0.401. The van der Waals surface area contributed by atoms with E-state index in [-0.39, 0.29) is 0 Å². The number of ether oxygens (including phenoxy) is 1. The minimum Gasteiger partial charge on any atom is -0.381 e. The Hall–Kier alpha value is -1.55. The average molecular weight is 317 g/mol. The van der Waals surface area contributed by atoms with Crippen molar-refractivity contribution in [3.63, 3.8) is 0 Å². The highest BCUT2D eigenvalue weighted by molar-refractivity contribution is 5.80. The van der Waals surface area contributed by atoms with Gasteiger partial charge in [0.2, 0.25) is 0 Å². The van der Waals surface area contributed by atoms with Gasteiger partial charge in [-0.2, -0.15) is 0 Å². The van der Waals surface area contributed by atoms with E-state index in [2.05, 4.69) is 53.3 Å². The standard InChI is InChI=1S/C19H31N3O/c1-19(2)11-13-22(16-19)18(20-3)21-12-7-14-23-15-10-17-8-5-4-6-9-17/h4-6,8-9H,7,10-16H2,1-3H3,(H,20,21). The number of benzene rings is 1. The number of hydrogen-bond acceptors (Lipinski definition) is 2. The van der Waals surface area contributed by atoms with Gasteiger partial charge in [0.1, 0.15) is 0 Å². The molecule has 0 aliphatic carbocycles. The Labute approximate surface area is 140 Å². The van der Waals surface area contributed by atoms with Crippen molar-refractivity contribution >= 4 is 5.96 Å². The number of hydrogen-bond donors (Lipinski definition) is 1. The van der Waals surface area contributed by atoms with Gasteiger partial charge in [-0.15, -0.1) is 0 Å². The second-order valence-electron chi connectivity index (χ2n) is 7.01. The number of rotatable bonds is 7. The van der Waals surface area contributed by atoms with Crippen LogP contribution in [0.2, 0.25) is 0 Å². The topological polar surface area (TPSA) is 36.9 Å². The third-order valence-corrected chi connectivity index (χ3v) is 4.32. The van der Waals surface area contributed by atoms with Crippen LogP contribution in [0.5, 0.6) is 0 Å². The molecule has 1 aromatic rings. The Morgan fingerprint density at radius 2 is 2.04 bits per heavy atom. The molecule has 1 aromatic carbocycles. The molecule has 4 heteroatoms. The van der Waals surface area contributed by atoms with Crippen molar-refractivity contribution in [1.82, 2.24) is 10.2 Å². The number of guanidine groups is 1. The van der Waals surface area contributed by atoms with E-state index in [0.29, 0.717) is 5.41 Å². The van der Waals surface area contributed by atoms with E-state index in [9.17, 15) is 0 Å². The van der Waals surface area contributed by atoms with E-state index in [1.54, 1.807) is 0 Å². The molecule has 2 rings (SSSR count). The second-order valence-corrected chi connectivity index (χ2v) is 7.01. The Morgan fingerprint density at radius 3 is 2.70 bits per heavy atom. The van der Waals surface area contributed by atoms with Crippen LogP contribution in [-0.2, 0) is 11.2 Å². The van der Waals surface area contributed by atoms with E-state index in [4.69, 9.17) is 4.74 Å². The van der Waals surface area contributed by atoms with Crippen molar-refractivity contribution in [3.8, 4) is 0 Å². The number of nitrogens with one attached hydrogen (secondary N) is 1. The molecule has 23 heavy (non-hydrogen) atoms. The van der Waals surface area contributed by atoms with E-state index < -0.39 is 0 Å². The molecule has 4 nitrogen and oxygen atoms in total. The normalized spacial score (nSPS) is 17.5. The van der Waals surface area contributed by atoms with Gasteiger partial charge in [0.05, 0.1) is 6.61 Å². The molecule has 0 unspecified atom stereocenters. The molecule has 1 aliphatic heterocycles. The van der Waals surface area contributed by atoms with Gasteiger partial charge in [-0.1, -0.05) is 44.2 Å². The maximum absolute atomic E-state index is 5.72. The van der Waals surface area contributed by atoms with Crippen molar-refractivity contribution < 1.29 is 4.74 Å². The number of nitrogens with zero attached hydrogens (tertiary/aromatic N) is 2. The number of likely N-dealkylation sites (tertiary alicyclic amines) is 1. The summed E-state index contributed by atoms with van der Waals surface area (Å²) in [6.07, 6.45) is 3.22. The van der Waals surface area contributed by atoms with Crippen LogP contribution < -0.4 is 5.32 Å². The van der Waals surface area contributed by atoms with Crippen molar-refractivity contribution in [1.29, 1.82) is 0 Å². The molecule has 0 aromatic heterocycles. The van der Waals surface area contributed by atoms with E-state index in [1.165, 1.54) is 12.0 Å². The summed E-state index contributed by atoms with van der Waals surface area (Å²) in [5.74, 6) is 1.03. The van der Waals surface area contributed by atoms with Gasteiger partial charge < -0.3 is 15.0 Å². The summed E-state index contributed by atoms with van der Waals surface area (Å²) in [5, 5.41) is 3.45. The molecule has 1 saturated heterocycles. The van der Waals surface area contributed by atoms with Crippen molar-refractivity contribution in [3.05, 3.63) is 35.9 Å². The van der Waals surface area contributed by atoms with Crippen LogP contribution in [0.4, 0.5) is 0 Å². The molecule has 1 fully saturated rings. The van der Waals surface area contributed by atoms with Gasteiger partial charge in [0, 0.05) is 33.3 Å². The molecule has 1 N–H and O–H groups in total. The van der Waals surface area contributed by atoms with Crippen LogP contribution in [0.25, 0.3) is 0 Å². The molecular weight excluding hydrogens is 286 g/mol. The summed E-state index contributed by atoms with van der Waals surface area (Å²) in [4.78, 5) is 6.76. The van der Waals surface area contributed by atoms with Crippen molar-refractivity contribution in [2.45, 2.75) is 33.1 Å². The minimum absolute atomic E-state index is 0.401. The van der Waals surface area contributed by atoms with Crippen molar-refractivity contribution in [2.24, 2.45) is 10.4 Å². The smallest absolute Gasteiger partial charge is 0.193 e. The lowest BCUT2D eigenvalue weighted by Crippen LogP contribution is -2.41. The first-order valence-electron chi connectivity index (χ1n) is 8.68. The van der Waals surface area contributed by atoms with Gasteiger partial charge >= 0.3 is 0 Å². The summed E-state index contributed by atoms with van der Waals surface area (Å²) in [6.45, 7) is 9.32. The lowest BCUT2D eigenvalue weighted by atomic mass is 9.93. The molecular formula is C19H31N3O. The summed E-state index contributed by atoms with van der Waals surface area (Å²) in [6, 6.07) is 10.5. The van der Waals surface area contributed by atoms with Gasteiger partial charge in [0.25, 0.3) is 0 Å². The van der Waals surface area contributed by atoms with Crippen LogP contribution >= 0.6 is 0 Å². The quantitative estimate of drug-likeness (QED) is 0.477. The third-order valence-electron chi connectivity index (χ3n) is 4.32. The zero-order valence-electron chi connectivity index (χ0n) is 14.8. The first kappa shape index (κ1) is 17.8. The lowest BCUT2D eigenvalue weighted by Gasteiger charge is -2.23. The third kappa shape index (κ3) is 6.22. The molecule has 1 heterocycles. The monoisotopic (exact) mass is 317 g/mol. The molecule has 0 bridgehead atoms. The Bertz CT molecular complexity index is 485. The molecule has 0 saturated carbocycles. The fourth-order valence-corrected chi connectivity index (χ4v) is 2.94. The van der Waals surface area contributed by atoms with E-state index >= 15 is 0 Å². The number of aliphatic imine (C=N–C) groups is 1. The molecule has 0 amide bonds. The van der Waals surface area contributed by atoms with Crippen LogP contribution in [0.3, 0.4) is 0 Å². The first-order chi connectivity index (χ1) is 11.1. The van der Waals surface area contributed by atoms with Crippen LogP contribution in [-0.4, -0.2) is 50.8 Å². The average Bonchev–Trinajstić information content (AvgIpc) is 2.91. The Balaban J connectivity index is 1.54. The molecule has 0 atom stereocenters. The zero-order chi connectivity index (χ0) is 16.5. The fourth-order valence-electron chi connectivity index (χ4n) is 2.94. The maximum Gasteiger partial charge on any atom is 0.193 e. The lowest BCUT2D eigenvalue weighted by molar-refractivity contribution is 0.135. The fraction of sp³-hybridized carbons (Fsp3) is 0.632. The van der Waals surface area contributed by atoms with Crippen LogP contribution in [0.1, 0.15) is 32.3 Å². The first-order valence-corrected chi connectivity index (χ1v) is 8.68. The maximum atomic E-state index is 5.72. The van der Waals surface area contributed by atoms with Gasteiger partial charge in [-0.05, 0) is 30.2 Å². The predicted octanol–water partition coefficient (Wildman–Crippen LogP) is 2.94. The molecule has 1 aliphatic rings. The summed E-state index contributed by atoms with van der Waals surface area (Å²) in [7, 11) is 1.87. The largest absolute Gasteiger partial charge is 0.381 e. The predicted molar refractivity (Wildman–Crippen MR) is 96.9 cm³/mol. The van der Waals surface area contributed by atoms with Gasteiger partial charge in [0.15, 0.2) is 5.96 Å². The zero-order valence-corrected chi connectivity index (χ0v) is 14.8. The molecule has 0 spiro atoms. The van der Waals surface area contributed by atoms with Gasteiger partial charge in [-0.3, -0.25) is 4.99 Å². The highest BCUT2D eigenvalue weighted by atomic mass is 16.5. The molecule has 0 radical (unpaired) electrons. The van der Waals surface area contributed by atoms with Crippen LogP contribution in [0.15, 0.2) is 35.3 Å². The highest BCUT2D eigenvalue weighted by Gasteiger charge is 2.30. The van der Waals surface area contributed by atoms with E-state index in [1.807, 2.05) is 13.1 Å². The highest BCUT2D eigenvalue weighted by Crippen LogP contribution is 2.28. The Morgan fingerprint density at radius 1 is 1.26 bits per heavy atom. The van der Waals surface area contributed by atoms with Crippen LogP contribution in [0, 0.1) is 5.41 Å². The summed E-state index contributed by atoms with van der Waals surface area (Å²) < 4.78 is 5.72. The SMILES string of the molecule is CN=C(NCCCOCCc1ccccc1)N1CCC(C)(C)C1. The Kier molecular flexibility index (Phi) is 6.90. The summed E-state index contributed by atoms with van der Waals surface area (Å²) >= 11 is 0. The van der Waals surface area contributed by atoms with E-state index in [0.717, 1.165) is 51.6 Å². The summed E-state index contributed by atoms with van der Waals surface area (Å²) in [5.41, 5.74) is 1.74. The molecule has 128 valence electrons. The second kappa shape index (κ2) is 8.92.